The molecule has 1 aliphatic carbocycles. The van der Waals surface area contributed by atoms with E-state index in [-0.39, 0.29) is 42.7 Å². The van der Waals surface area contributed by atoms with E-state index in [2.05, 4.69) is 0 Å². The van der Waals surface area contributed by atoms with Crippen molar-refractivity contribution in [2.24, 2.45) is 5.92 Å². The van der Waals surface area contributed by atoms with Crippen LogP contribution in [0, 0.1) is 5.92 Å². The van der Waals surface area contributed by atoms with Gasteiger partial charge >= 0.3 is 5.97 Å². The highest BCUT2D eigenvalue weighted by Crippen LogP contribution is 2.35. The average molecular weight is 398 g/mol. The molecule has 2 atom stereocenters. The third-order valence-corrected chi connectivity index (χ3v) is 6.30. The lowest BCUT2D eigenvalue weighted by molar-refractivity contribution is -0.141. The zero-order chi connectivity index (χ0) is 20.4. The lowest BCUT2D eigenvalue weighted by atomic mass is 9.78. The molecule has 7 heteroatoms. The molecule has 1 saturated carbocycles. The van der Waals surface area contributed by atoms with Gasteiger partial charge in [0.15, 0.2) is 6.61 Å². The maximum atomic E-state index is 12.7. The summed E-state index contributed by atoms with van der Waals surface area (Å²) < 4.78 is 5.25. The van der Waals surface area contributed by atoms with Crippen LogP contribution in [0.15, 0.2) is 24.3 Å². The van der Waals surface area contributed by atoms with Crippen LogP contribution in [0.2, 0.25) is 0 Å². The quantitative estimate of drug-likeness (QED) is 0.575. The fraction of sp³-hybridized carbons (Fsp3) is 0.545. The van der Waals surface area contributed by atoms with Gasteiger partial charge in [0.25, 0.3) is 5.91 Å². The highest BCUT2D eigenvalue weighted by molar-refractivity contribution is 6.19. The van der Waals surface area contributed by atoms with Gasteiger partial charge in [0, 0.05) is 25.4 Å². The predicted octanol–water partition coefficient (Wildman–Crippen LogP) is 2.68. The number of esters is 1. The van der Waals surface area contributed by atoms with Crippen molar-refractivity contribution < 1.29 is 23.9 Å². The van der Waals surface area contributed by atoms with Gasteiger partial charge < -0.3 is 9.64 Å². The molecule has 2 aliphatic heterocycles. The first-order valence-corrected chi connectivity index (χ1v) is 10.5. The minimum atomic E-state index is -0.582. The van der Waals surface area contributed by atoms with Crippen LogP contribution >= 0.6 is 0 Å². The van der Waals surface area contributed by atoms with Crippen molar-refractivity contribution in [3.63, 3.8) is 0 Å². The summed E-state index contributed by atoms with van der Waals surface area (Å²) in [4.78, 5) is 51.6. The van der Waals surface area contributed by atoms with Gasteiger partial charge in [-0.15, -0.1) is 0 Å². The van der Waals surface area contributed by atoms with E-state index in [1.807, 2.05) is 4.90 Å². The Balaban J connectivity index is 1.34. The number of hydrogen-bond donors (Lipinski definition) is 0. The van der Waals surface area contributed by atoms with Gasteiger partial charge in [0.2, 0.25) is 11.8 Å². The Labute approximate surface area is 170 Å². The topological polar surface area (TPSA) is 84.0 Å². The Morgan fingerprint density at radius 3 is 2.31 bits per heavy atom. The Morgan fingerprint density at radius 1 is 0.931 bits per heavy atom. The fourth-order valence-corrected chi connectivity index (χ4v) is 4.84. The van der Waals surface area contributed by atoms with Crippen molar-refractivity contribution in [3.8, 4) is 0 Å². The van der Waals surface area contributed by atoms with E-state index in [9.17, 15) is 19.2 Å². The van der Waals surface area contributed by atoms with Crippen molar-refractivity contribution >= 4 is 29.4 Å². The minimum absolute atomic E-state index is 0.125. The number of benzene rings is 1. The van der Waals surface area contributed by atoms with Crippen LogP contribution in [0.3, 0.4) is 0 Å². The first-order chi connectivity index (χ1) is 14.0. The van der Waals surface area contributed by atoms with Gasteiger partial charge in [0.1, 0.15) is 0 Å². The summed E-state index contributed by atoms with van der Waals surface area (Å²) in [5, 5.41) is 0. The molecule has 154 valence electrons. The molecule has 3 amide bonds. The molecule has 1 aromatic rings. The van der Waals surface area contributed by atoms with Gasteiger partial charge in [-0.05, 0) is 55.9 Å². The highest BCUT2D eigenvalue weighted by Gasteiger charge is 2.36. The smallest absolute Gasteiger partial charge is 0.338 e. The molecule has 0 spiro atoms. The molecule has 2 saturated heterocycles. The van der Waals surface area contributed by atoms with Crippen LogP contribution in [0.1, 0.15) is 61.7 Å². The second-order valence-corrected chi connectivity index (χ2v) is 8.09. The van der Waals surface area contributed by atoms with Crippen LogP contribution in [0.4, 0.5) is 5.69 Å². The monoisotopic (exact) mass is 398 g/mol. The van der Waals surface area contributed by atoms with Gasteiger partial charge in [-0.2, -0.15) is 0 Å². The summed E-state index contributed by atoms with van der Waals surface area (Å²) in [6.45, 7) is 0.483. The SMILES string of the molecule is O=C(OCC(=O)N1CCC[C@H]2CCCC[C@@H]21)c1ccc(N2C(=O)CCC2=O)cc1. The molecule has 0 aromatic heterocycles. The second kappa shape index (κ2) is 8.35. The predicted molar refractivity (Wildman–Crippen MR) is 105 cm³/mol. The van der Waals surface area contributed by atoms with Crippen molar-refractivity contribution in [3.05, 3.63) is 29.8 Å². The third-order valence-electron chi connectivity index (χ3n) is 6.30. The van der Waals surface area contributed by atoms with E-state index in [0.717, 1.165) is 30.7 Å². The van der Waals surface area contributed by atoms with E-state index in [1.165, 1.54) is 31.4 Å². The fourth-order valence-electron chi connectivity index (χ4n) is 4.84. The number of amides is 3. The molecule has 29 heavy (non-hydrogen) atoms. The molecule has 0 bridgehead atoms. The molecule has 0 N–H and O–H groups in total. The first kappa shape index (κ1) is 19.6. The number of carbonyl (C=O) groups is 4. The van der Waals surface area contributed by atoms with Crippen LogP contribution in [-0.4, -0.2) is 47.8 Å². The third kappa shape index (κ3) is 4.04. The summed E-state index contributed by atoms with van der Waals surface area (Å²) in [5.74, 6) is -0.598. The minimum Gasteiger partial charge on any atom is -0.452 e. The molecular formula is C22H26N2O5. The lowest BCUT2D eigenvalue weighted by Crippen LogP contribution is -2.50. The molecule has 4 rings (SSSR count). The molecule has 7 nitrogen and oxygen atoms in total. The standard InChI is InChI=1S/C22H26N2O5/c25-19-11-12-20(26)24(19)17-9-7-16(8-10-17)22(28)29-14-21(27)23-13-3-5-15-4-1-2-6-18(15)23/h7-10,15,18H,1-6,11-14H2/t15-,18+/m1/s1. The number of hydrogen-bond acceptors (Lipinski definition) is 5. The summed E-state index contributed by atoms with van der Waals surface area (Å²) in [5.41, 5.74) is 0.733. The van der Waals surface area contributed by atoms with Gasteiger partial charge in [-0.25, -0.2) is 4.79 Å². The van der Waals surface area contributed by atoms with E-state index in [1.54, 1.807) is 12.1 Å². The number of piperidine rings is 1. The number of imide groups is 1. The number of ether oxygens (including phenoxy) is 1. The molecule has 1 aromatic carbocycles. The zero-order valence-electron chi connectivity index (χ0n) is 16.5. The van der Waals surface area contributed by atoms with Crippen molar-refractivity contribution in [2.45, 2.75) is 57.4 Å². The first-order valence-electron chi connectivity index (χ1n) is 10.5. The lowest BCUT2D eigenvalue weighted by Gasteiger charge is -2.44. The number of likely N-dealkylation sites (tertiary alicyclic amines) is 1. The zero-order valence-corrected chi connectivity index (χ0v) is 16.5. The van der Waals surface area contributed by atoms with Crippen molar-refractivity contribution in [2.75, 3.05) is 18.1 Å². The van der Waals surface area contributed by atoms with E-state index < -0.39 is 5.97 Å². The molecule has 0 radical (unpaired) electrons. The van der Waals surface area contributed by atoms with Gasteiger partial charge in [-0.1, -0.05) is 12.8 Å². The van der Waals surface area contributed by atoms with Crippen LogP contribution in [0.25, 0.3) is 0 Å². The van der Waals surface area contributed by atoms with Crippen LogP contribution in [-0.2, 0) is 19.1 Å². The Kier molecular flexibility index (Phi) is 5.65. The Morgan fingerprint density at radius 2 is 1.59 bits per heavy atom. The second-order valence-electron chi connectivity index (χ2n) is 8.09. The van der Waals surface area contributed by atoms with Crippen molar-refractivity contribution in [1.29, 1.82) is 0 Å². The molecular weight excluding hydrogens is 372 g/mol. The van der Waals surface area contributed by atoms with E-state index >= 15 is 0 Å². The maximum Gasteiger partial charge on any atom is 0.338 e. The Bertz CT molecular complexity index is 801. The molecule has 3 fully saturated rings. The largest absolute Gasteiger partial charge is 0.452 e. The van der Waals surface area contributed by atoms with Crippen molar-refractivity contribution in [1.82, 2.24) is 4.90 Å². The number of carbonyl (C=O) groups excluding carboxylic acids is 4. The summed E-state index contributed by atoms with van der Waals surface area (Å²) in [6, 6.07) is 6.42. The maximum absolute atomic E-state index is 12.7. The van der Waals surface area contributed by atoms with E-state index in [0.29, 0.717) is 17.6 Å². The Hall–Kier alpha value is -2.70. The average Bonchev–Trinajstić information content (AvgIpc) is 3.09. The number of anilines is 1. The molecule has 0 unspecified atom stereocenters. The summed E-state index contributed by atoms with van der Waals surface area (Å²) in [6.07, 6.45) is 7.23. The van der Waals surface area contributed by atoms with Gasteiger partial charge in [-0.3, -0.25) is 19.3 Å². The number of rotatable bonds is 4. The summed E-state index contributed by atoms with van der Waals surface area (Å²) in [7, 11) is 0. The van der Waals surface area contributed by atoms with Crippen LogP contribution in [0.5, 0.6) is 0 Å². The van der Waals surface area contributed by atoms with Crippen LogP contribution < -0.4 is 4.90 Å². The molecule has 2 heterocycles. The van der Waals surface area contributed by atoms with E-state index in [4.69, 9.17) is 4.74 Å². The number of nitrogens with zero attached hydrogens (tertiary/aromatic N) is 2. The summed E-state index contributed by atoms with van der Waals surface area (Å²) >= 11 is 0. The van der Waals surface area contributed by atoms with Gasteiger partial charge in [0.05, 0.1) is 11.3 Å². The normalized spacial score (nSPS) is 24.4. The number of fused-ring (bicyclic) bond motifs is 1. The highest BCUT2D eigenvalue weighted by atomic mass is 16.5. The molecule has 3 aliphatic rings.